The van der Waals surface area contributed by atoms with Crippen LogP contribution in [0.25, 0.3) is 0 Å². The van der Waals surface area contributed by atoms with E-state index in [0.29, 0.717) is 6.54 Å². The van der Waals surface area contributed by atoms with E-state index in [4.69, 9.17) is 28.8 Å². The first-order chi connectivity index (χ1) is 12.4. The zero-order valence-corrected chi connectivity index (χ0v) is 15.9. The summed E-state index contributed by atoms with van der Waals surface area (Å²) in [6, 6.07) is 7.10. The molecule has 9 nitrogen and oxygen atoms in total. The predicted octanol–water partition coefficient (Wildman–Crippen LogP) is 1.49. The number of hydrogen-bond acceptors (Lipinski definition) is 7. The minimum Gasteiger partial charge on any atom is -0.508 e. The topological polar surface area (TPSA) is 166 Å². The van der Waals surface area contributed by atoms with Crippen LogP contribution in [0.15, 0.2) is 29.3 Å². The van der Waals surface area contributed by atoms with Crippen LogP contribution in [0.4, 0.5) is 11.6 Å². The molecule has 0 aliphatic heterocycles. The molecule has 0 aliphatic carbocycles. The molecule has 2 rings (SSSR count). The highest BCUT2D eigenvalue weighted by molar-refractivity contribution is 6.31. The SMILES string of the molecule is Cl.NC(=NCCCCc1cccc(O)c1)NC(=O)c1nc(Cl)c(N)nc1N. The fourth-order valence-corrected chi connectivity index (χ4v) is 2.30. The predicted molar refractivity (Wildman–Crippen MR) is 108 cm³/mol. The highest BCUT2D eigenvalue weighted by Gasteiger charge is 2.16. The molecule has 8 N–H and O–H groups in total. The summed E-state index contributed by atoms with van der Waals surface area (Å²) in [5.41, 5.74) is 17.6. The van der Waals surface area contributed by atoms with Gasteiger partial charge in [0.1, 0.15) is 5.75 Å². The van der Waals surface area contributed by atoms with Crippen molar-refractivity contribution in [3.05, 3.63) is 40.7 Å². The Balaban J connectivity index is 0.00000364. The van der Waals surface area contributed by atoms with E-state index in [2.05, 4.69) is 20.3 Å². The van der Waals surface area contributed by atoms with Gasteiger partial charge in [-0.3, -0.25) is 15.1 Å². The summed E-state index contributed by atoms with van der Waals surface area (Å²) in [7, 11) is 0. The number of hydrogen-bond donors (Lipinski definition) is 5. The summed E-state index contributed by atoms with van der Waals surface area (Å²) in [5.74, 6) is -0.686. The molecule has 1 aromatic carbocycles. The van der Waals surface area contributed by atoms with Crippen molar-refractivity contribution in [2.24, 2.45) is 10.7 Å². The lowest BCUT2D eigenvalue weighted by Gasteiger charge is -2.07. The number of phenols is 1. The highest BCUT2D eigenvalue weighted by Crippen LogP contribution is 2.17. The Kier molecular flexibility index (Phi) is 8.57. The number of halogens is 2. The Hall–Kier alpha value is -2.78. The Morgan fingerprint density at radius 1 is 1.22 bits per heavy atom. The molecule has 1 aromatic heterocycles. The zero-order valence-electron chi connectivity index (χ0n) is 14.4. The van der Waals surface area contributed by atoms with Gasteiger partial charge in [-0.25, -0.2) is 9.97 Å². The first kappa shape index (κ1) is 22.3. The number of nitrogens with two attached hydrogens (primary N) is 3. The van der Waals surface area contributed by atoms with Crippen LogP contribution in [0.5, 0.6) is 5.75 Å². The second-order valence-corrected chi connectivity index (χ2v) is 5.84. The van der Waals surface area contributed by atoms with Gasteiger partial charge in [0, 0.05) is 6.54 Å². The van der Waals surface area contributed by atoms with Gasteiger partial charge >= 0.3 is 0 Å². The monoisotopic (exact) mass is 413 g/mol. The van der Waals surface area contributed by atoms with Crippen LogP contribution in [0, 0.1) is 0 Å². The van der Waals surface area contributed by atoms with Crippen LogP contribution in [0.1, 0.15) is 28.9 Å². The number of unbranched alkanes of at least 4 members (excludes halogenated alkanes) is 1. The van der Waals surface area contributed by atoms with E-state index in [-0.39, 0.29) is 46.6 Å². The molecule has 0 bridgehead atoms. The fourth-order valence-electron chi connectivity index (χ4n) is 2.18. The van der Waals surface area contributed by atoms with Gasteiger partial charge in [0.2, 0.25) is 0 Å². The van der Waals surface area contributed by atoms with Crippen molar-refractivity contribution in [3.8, 4) is 5.75 Å². The van der Waals surface area contributed by atoms with E-state index in [9.17, 15) is 9.90 Å². The smallest absolute Gasteiger partial charge is 0.280 e. The van der Waals surface area contributed by atoms with Crippen LogP contribution < -0.4 is 22.5 Å². The van der Waals surface area contributed by atoms with E-state index >= 15 is 0 Å². The quantitative estimate of drug-likeness (QED) is 0.271. The molecule has 27 heavy (non-hydrogen) atoms. The Morgan fingerprint density at radius 2 is 1.96 bits per heavy atom. The summed E-state index contributed by atoms with van der Waals surface area (Å²) in [5, 5.41) is 11.7. The molecular weight excluding hydrogens is 393 g/mol. The number of aryl methyl sites for hydroxylation is 1. The maximum atomic E-state index is 12.1. The number of aliphatic imine (C=N–C) groups is 1. The van der Waals surface area contributed by atoms with E-state index in [1.54, 1.807) is 18.2 Å². The van der Waals surface area contributed by atoms with Gasteiger partial charge in [-0.05, 0) is 37.0 Å². The minimum absolute atomic E-state index is 0. The third-order valence-electron chi connectivity index (χ3n) is 3.43. The van der Waals surface area contributed by atoms with E-state index < -0.39 is 5.91 Å². The lowest BCUT2D eigenvalue weighted by atomic mass is 10.1. The maximum absolute atomic E-state index is 12.1. The molecule has 0 saturated heterocycles. The maximum Gasteiger partial charge on any atom is 0.280 e. The highest BCUT2D eigenvalue weighted by atomic mass is 35.5. The molecule has 0 saturated carbocycles. The van der Waals surface area contributed by atoms with Gasteiger partial charge in [-0.2, -0.15) is 0 Å². The van der Waals surface area contributed by atoms with Crippen molar-refractivity contribution in [2.75, 3.05) is 18.0 Å². The number of nitrogen functional groups attached to an aromatic ring is 2. The number of phenolic OH excluding ortho intramolecular Hbond substituents is 1. The largest absolute Gasteiger partial charge is 0.508 e. The second kappa shape index (κ2) is 10.4. The molecule has 0 spiro atoms. The normalized spacial score (nSPS) is 10.9. The molecule has 0 radical (unpaired) electrons. The van der Waals surface area contributed by atoms with Crippen molar-refractivity contribution >= 4 is 47.5 Å². The molecule has 1 amide bonds. The first-order valence-corrected chi connectivity index (χ1v) is 8.22. The number of aromatic nitrogens is 2. The number of rotatable bonds is 6. The summed E-state index contributed by atoms with van der Waals surface area (Å²) in [4.78, 5) is 23.7. The van der Waals surface area contributed by atoms with Crippen molar-refractivity contribution in [1.29, 1.82) is 0 Å². The summed E-state index contributed by atoms with van der Waals surface area (Å²) >= 11 is 5.73. The number of guanidine groups is 1. The average molecular weight is 414 g/mol. The van der Waals surface area contributed by atoms with Crippen LogP contribution in [-0.2, 0) is 6.42 Å². The Bertz CT molecular complexity index is 830. The Morgan fingerprint density at radius 3 is 2.67 bits per heavy atom. The molecule has 0 fully saturated rings. The fraction of sp³-hybridized carbons (Fsp3) is 0.250. The van der Waals surface area contributed by atoms with Crippen LogP contribution in [-0.4, -0.2) is 33.5 Å². The molecule has 0 atom stereocenters. The number of amides is 1. The van der Waals surface area contributed by atoms with Gasteiger partial charge in [0.25, 0.3) is 5.91 Å². The number of carbonyl (C=O) groups is 1. The molecule has 2 aromatic rings. The molecule has 0 unspecified atom stereocenters. The van der Waals surface area contributed by atoms with Gasteiger partial charge < -0.3 is 22.3 Å². The minimum atomic E-state index is -0.669. The van der Waals surface area contributed by atoms with Crippen molar-refractivity contribution in [3.63, 3.8) is 0 Å². The van der Waals surface area contributed by atoms with Gasteiger partial charge in [-0.1, -0.05) is 23.7 Å². The van der Waals surface area contributed by atoms with Crippen molar-refractivity contribution in [2.45, 2.75) is 19.3 Å². The average Bonchev–Trinajstić information content (AvgIpc) is 2.57. The number of aromatic hydroxyl groups is 1. The van der Waals surface area contributed by atoms with Crippen molar-refractivity contribution in [1.82, 2.24) is 15.3 Å². The lowest BCUT2D eigenvalue weighted by Crippen LogP contribution is -2.38. The summed E-state index contributed by atoms with van der Waals surface area (Å²) in [6.07, 6.45) is 2.44. The third-order valence-corrected chi connectivity index (χ3v) is 3.71. The number of carbonyl (C=O) groups excluding carboxylic acids is 1. The van der Waals surface area contributed by atoms with Crippen LogP contribution in [0.2, 0.25) is 5.15 Å². The van der Waals surface area contributed by atoms with E-state index in [1.165, 1.54) is 0 Å². The second-order valence-electron chi connectivity index (χ2n) is 5.48. The summed E-state index contributed by atoms with van der Waals surface area (Å²) < 4.78 is 0. The van der Waals surface area contributed by atoms with Gasteiger partial charge in [-0.15, -0.1) is 12.4 Å². The van der Waals surface area contributed by atoms with Crippen LogP contribution in [0.3, 0.4) is 0 Å². The lowest BCUT2D eigenvalue weighted by molar-refractivity contribution is 0.0972. The van der Waals surface area contributed by atoms with Gasteiger partial charge in [0.15, 0.2) is 28.4 Å². The van der Waals surface area contributed by atoms with E-state index in [0.717, 1.165) is 24.8 Å². The zero-order chi connectivity index (χ0) is 19.1. The number of anilines is 2. The molecule has 1 heterocycles. The standard InChI is InChI=1S/C16H20ClN7O2.ClH/c17-12-14(19)23-13(18)11(22-12)15(26)24-16(20)21-7-2-1-4-9-5-3-6-10(25)8-9;/h3,5-6,8,25H,1-2,4,7H2,(H4,18,19,23)(H3,20,21,24,26);1H. The van der Waals surface area contributed by atoms with Crippen LogP contribution >= 0.6 is 24.0 Å². The molecular formula is C16H21Cl2N7O2. The number of nitrogens with one attached hydrogen (secondary N) is 1. The molecule has 0 aliphatic rings. The molecule has 146 valence electrons. The summed E-state index contributed by atoms with van der Waals surface area (Å²) in [6.45, 7) is 0.439. The van der Waals surface area contributed by atoms with Gasteiger partial charge in [0.05, 0.1) is 0 Å². The van der Waals surface area contributed by atoms with Crippen molar-refractivity contribution < 1.29 is 9.90 Å². The van der Waals surface area contributed by atoms with E-state index in [1.807, 2.05) is 6.07 Å². The number of nitrogens with zero attached hydrogens (tertiary/aromatic N) is 3. The number of benzene rings is 1. The molecule has 11 heteroatoms. The first-order valence-electron chi connectivity index (χ1n) is 7.84. The Labute approximate surface area is 167 Å². The third kappa shape index (κ3) is 6.80.